The molecular formula is C7H14N2. The third-order valence-corrected chi connectivity index (χ3v) is 2.57. The molecule has 2 rings (SSSR count). The summed E-state index contributed by atoms with van der Waals surface area (Å²) in [7, 11) is 0. The van der Waals surface area contributed by atoms with Crippen LogP contribution >= 0.6 is 0 Å². The third-order valence-electron chi connectivity index (χ3n) is 2.57. The maximum Gasteiger partial charge on any atom is 0.0457 e. The Labute approximate surface area is 56.0 Å². The van der Waals surface area contributed by atoms with Crippen molar-refractivity contribution in [3.05, 3.63) is 0 Å². The first-order chi connectivity index (χ1) is 4.47. The van der Waals surface area contributed by atoms with Gasteiger partial charge in [0.1, 0.15) is 0 Å². The molecule has 0 spiro atoms. The molecule has 1 aliphatic carbocycles. The maximum absolute atomic E-state index is 3.45. The molecule has 2 N–H and O–H groups in total. The summed E-state index contributed by atoms with van der Waals surface area (Å²) in [5.74, 6) is 1.000. The first-order valence-corrected chi connectivity index (χ1v) is 3.91. The van der Waals surface area contributed by atoms with Gasteiger partial charge in [-0.2, -0.15) is 0 Å². The summed E-state index contributed by atoms with van der Waals surface area (Å²) in [6.07, 6.45) is 4.38. The van der Waals surface area contributed by atoms with Gasteiger partial charge in [0.15, 0.2) is 0 Å². The number of rotatable bonds is 1. The van der Waals surface area contributed by atoms with Crippen molar-refractivity contribution in [1.29, 1.82) is 0 Å². The summed E-state index contributed by atoms with van der Waals surface area (Å²) < 4.78 is 0. The molecule has 9 heavy (non-hydrogen) atoms. The summed E-state index contributed by atoms with van der Waals surface area (Å²) in [4.78, 5) is 0. The number of nitrogens with one attached hydrogen (secondary N) is 2. The Bertz CT molecular complexity index is 93.1. The molecule has 0 aromatic carbocycles. The molecule has 1 saturated carbocycles. The van der Waals surface area contributed by atoms with E-state index in [2.05, 4.69) is 10.6 Å². The average molecular weight is 126 g/mol. The molecule has 1 unspecified atom stereocenters. The van der Waals surface area contributed by atoms with Gasteiger partial charge in [-0.3, -0.25) is 0 Å². The van der Waals surface area contributed by atoms with Gasteiger partial charge in [0.05, 0.1) is 0 Å². The van der Waals surface area contributed by atoms with E-state index in [0.29, 0.717) is 0 Å². The van der Waals surface area contributed by atoms with Crippen LogP contribution in [-0.2, 0) is 0 Å². The van der Waals surface area contributed by atoms with Crippen LogP contribution in [-0.4, -0.2) is 19.3 Å². The molecule has 0 aromatic rings. The van der Waals surface area contributed by atoms with E-state index in [9.17, 15) is 0 Å². The molecule has 1 atom stereocenters. The van der Waals surface area contributed by atoms with Crippen molar-refractivity contribution in [3.63, 3.8) is 0 Å². The Morgan fingerprint density at radius 2 is 2.11 bits per heavy atom. The second-order valence-corrected chi connectivity index (χ2v) is 3.13. The van der Waals surface area contributed by atoms with Crippen LogP contribution in [0.4, 0.5) is 0 Å². The Balaban J connectivity index is 1.82. The normalized spacial score (nSPS) is 36.7. The summed E-state index contributed by atoms with van der Waals surface area (Å²) in [6.45, 7) is 2.23. The minimum Gasteiger partial charge on any atom is -0.303 e. The minimum atomic E-state index is 0.804. The SMILES string of the molecule is C1CC(C2CNCN2)C1. The van der Waals surface area contributed by atoms with Crippen molar-refractivity contribution < 1.29 is 0 Å². The van der Waals surface area contributed by atoms with E-state index >= 15 is 0 Å². The molecule has 2 fully saturated rings. The molecule has 2 heteroatoms. The van der Waals surface area contributed by atoms with Crippen molar-refractivity contribution in [2.45, 2.75) is 25.3 Å². The Hall–Kier alpha value is -0.0800. The van der Waals surface area contributed by atoms with Crippen LogP contribution in [0.2, 0.25) is 0 Å². The van der Waals surface area contributed by atoms with Gasteiger partial charge in [-0.05, 0) is 18.8 Å². The zero-order chi connectivity index (χ0) is 6.10. The molecule has 1 aliphatic heterocycles. The number of hydrogen-bond acceptors (Lipinski definition) is 2. The van der Waals surface area contributed by atoms with Gasteiger partial charge < -0.3 is 10.6 Å². The Kier molecular flexibility index (Phi) is 1.44. The largest absolute Gasteiger partial charge is 0.303 e. The highest BCUT2D eigenvalue weighted by atomic mass is 15.2. The maximum atomic E-state index is 3.45. The molecule has 0 bridgehead atoms. The van der Waals surface area contributed by atoms with E-state index in [4.69, 9.17) is 0 Å². The van der Waals surface area contributed by atoms with Gasteiger partial charge in [0.2, 0.25) is 0 Å². The molecule has 0 radical (unpaired) electrons. The lowest BCUT2D eigenvalue weighted by atomic mass is 9.80. The van der Waals surface area contributed by atoms with Crippen LogP contribution in [0.25, 0.3) is 0 Å². The van der Waals surface area contributed by atoms with E-state index in [1.807, 2.05) is 0 Å². The van der Waals surface area contributed by atoms with Crippen molar-refractivity contribution >= 4 is 0 Å². The lowest BCUT2D eigenvalue weighted by molar-refractivity contribution is 0.253. The Morgan fingerprint density at radius 3 is 2.56 bits per heavy atom. The molecule has 1 saturated heterocycles. The molecule has 0 amide bonds. The van der Waals surface area contributed by atoms with Gasteiger partial charge >= 0.3 is 0 Å². The van der Waals surface area contributed by atoms with Crippen LogP contribution in [0.3, 0.4) is 0 Å². The fraction of sp³-hybridized carbons (Fsp3) is 1.00. The third kappa shape index (κ3) is 0.970. The van der Waals surface area contributed by atoms with Crippen LogP contribution in [0.1, 0.15) is 19.3 Å². The summed E-state index contributed by atoms with van der Waals surface area (Å²) in [5, 5.41) is 6.76. The Morgan fingerprint density at radius 1 is 1.22 bits per heavy atom. The molecule has 0 aromatic heterocycles. The van der Waals surface area contributed by atoms with E-state index in [1.165, 1.54) is 25.8 Å². The van der Waals surface area contributed by atoms with Crippen LogP contribution in [0, 0.1) is 5.92 Å². The first kappa shape index (κ1) is 5.69. The van der Waals surface area contributed by atoms with Crippen LogP contribution < -0.4 is 10.6 Å². The average Bonchev–Trinajstić information content (AvgIpc) is 2.11. The topological polar surface area (TPSA) is 24.1 Å². The standard InChI is InChI=1S/C7H14N2/c1-2-6(3-1)7-4-8-5-9-7/h6-9H,1-5H2. The highest BCUT2D eigenvalue weighted by Gasteiger charge is 2.28. The van der Waals surface area contributed by atoms with Gasteiger partial charge in [-0.1, -0.05) is 6.42 Å². The lowest BCUT2D eigenvalue weighted by Crippen LogP contribution is -2.36. The van der Waals surface area contributed by atoms with Gasteiger partial charge in [-0.15, -0.1) is 0 Å². The fourth-order valence-electron chi connectivity index (χ4n) is 1.68. The van der Waals surface area contributed by atoms with E-state index in [-0.39, 0.29) is 0 Å². The second kappa shape index (κ2) is 2.27. The predicted molar refractivity (Wildman–Crippen MR) is 37.1 cm³/mol. The highest BCUT2D eigenvalue weighted by Crippen LogP contribution is 2.29. The molecule has 2 aliphatic rings. The van der Waals surface area contributed by atoms with E-state index in [0.717, 1.165) is 18.6 Å². The smallest absolute Gasteiger partial charge is 0.0457 e. The summed E-state index contributed by atoms with van der Waals surface area (Å²) in [5.41, 5.74) is 0. The van der Waals surface area contributed by atoms with Crippen molar-refractivity contribution in [2.24, 2.45) is 5.92 Å². The van der Waals surface area contributed by atoms with Gasteiger partial charge in [0, 0.05) is 19.3 Å². The van der Waals surface area contributed by atoms with Crippen LogP contribution in [0.5, 0.6) is 0 Å². The zero-order valence-electron chi connectivity index (χ0n) is 5.69. The van der Waals surface area contributed by atoms with Gasteiger partial charge in [-0.25, -0.2) is 0 Å². The quantitative estimate of drug-likeness (QED) is 0.528. The first-order valence-electron chi connectivity index (χ1n) is 3.91. The zero-order valence-corrected chi connectivity index (χ0v) is 5.69. The highest BCUT2D eigenvalue weighted by molar-refractivity contribution is 4.86. The molecular weight excluding hydrogens is 112 g/mol. The monoisotopic (exact) mass is 126 g/mol. The molecule has 2 nitrogen and oxygen atoms in total. The van der Waals surface area contributed by atoms with Crippen molar-refractivity contribution in [3.8, 4) is 0 Å². The molecule has 52 valence electrons. The predicted octanol–water partition coefficient (Wildman–Crippen LogP) is 0.305. The van der Waals surface area contributed by atoms with Gasteiger partial charge in [0.25, 0.3) is 0 Å². The van der Waals surface area contributed by atoms with Crippen LogP contribution in [0.15, 0.2) is 0 Å². The van der Waals surface area contributed by atoms with E-state index in [1.54, 1.807) is 0 Å². The fourth-order valence-corrected chi connectivity index (χ4v) is 1.68. The van der Waals surface area contributed by atoms with Crippen molar-refractivity contribution in [1.82, 2.24) is 10.6 Å². The summed E-state index contributed by atoms with van der Waals surface area (Å²) in [6, 6.07) is 0.804. The second-order valence-electron chi connectivity index (χ2n) is 3.13. The number of hydrogen-bond donors (Lipinski definition) is 2. The lowest BCUT2D eigenvalue weighted by Gasteiger charge is -2.30. The molecule has 1 heterocycles. The minimum absolute atomic E-state index is 0.804. The summed E-state index contributed by atoms with van der Waals surface area (Å²) >= 11 is 0. The van der Waals surface area contributed by atoms with E-state index < -0.39 is 0 Å². The van der Waals surface area contributed by atoms with Crippen molar-refractivity contribution in [2.75, 3.05) is 13.2 Å².